The highest BCUT2D eigenvalue weighted by Crippen LogP contribution is 2.38. The Morgan fingerprint density at radius 1 is 1.11 bits per heavy atom. The molecular formula is C15H31N3. The van der Waals surface area contributed by atoms with Gasteiger partial charge in [-0.05, 0) is 59.8 Å². The first-order chi connectivity index (χ1) is 8.59. The third-order valence-corrected chi connectivity index (χ3v) is 5.29. The maximum atomic E-state index is 3.67. The van der Waals surface area contributed by atoms with Crippen LogP contribution in [-0.2, 0) is 0 Å². The second-order valence-corrected chi connectivity index (χ2v) is 6.55. The van der Waals surface area contributed by atoms with Crippen molar-refractivity contribution in [2.24, 2.45) is 0 Å². The topological polar surface area (TPSA) is 18.5 Å². The number of rotatable bonds is 6. The number of hydrogen-bond donors (Lipinski definition) is 1. The van der Waals surface area contributed by atoms with Crippen LogP contribution in [0.2, 0.25) is 0 Å². The van der Waals surface area contributed by atoms with Crippen LogP contribution in [0.15, 0.2) is 0 Å². The highest BCUT2D eigenvalue weighted by Gasteiger charge is 2.42. The van der Waals surface area contributed by atoms with Gasteiger partial charge in [-0.25, -0.2) is 0 Å². The summed E-state index contributed by atoms with van der Waals surface area (Å²) in [5.41, 5.74) is 0.466. The number of likely N-dealkylation sites (N-methyl/N-ethyl adjacent to an activating group) is 3. The van der Waals surface area contributed by atoms with Gasteiger partial charge in [0.05, 0.1) is 0 Å². The molecular weight excluding hydrogens is 222 g/mol. The summed E-state index contributed by atoms with van der Waals surface area (Å²) in [6, 6.07) is 1.47. The summed E-state index contributed by atoms with van der Waals surface area (Å²) < 4.78 is 0. The molecule has 2 unspecified atom stereocenters. The molecule has 2 atom stereocenters. The quantitative estimate of drug-likeness (QED) is 0.780. The van der Waals surface area contributed by atoms with Crippen molar-refractivity contribution < 1.29 is 0 Å². The Labute approximate surface area is 113 Å². The summed E-state index contributed by atoms with van der Waals surface area (Å²) in [6.45, 7) is 4.57. The van der Waals surface area contributed by atoms with E-state index in [0.29, 0.717) is 5.54 Å². The average Bonchev–Trinajstić information content (AvgIpc) is 2.71. The molecule has 0 aromatic heterocycles. The summed E-state index contributed by atoms with van der Waals surface area (Å²) in [4.78, 5) is 5.10. The minimum absolute atomic E-state index is 0.466. The van der Waals surface area contributed by atoms with Crippen LogP contribution in [0.5, 0.6) is 0 Å². The van der Waals surface area contributed by atoms with E-state index in [-0.39, 0.29) is 0 Å². The Morgan fingerprint density at radius 2 is 1.83 bits per heavy atom. The van der Waals surface area contributed by atoms with E-state index in [9.17, 15) is 0 Å². The zero-order valence-electron chi connectivity index (χ0n) is 12.7. The molecule has 0 aliphatic heterocycles. The zero-order valence-corrected chi connectivity index (χ0v) is 12.7. The highest BCUT2D eigenvalue weighted by atomic mass is 15.3. The molecule has 18 heavy (non-hydrogen) atoms. The maximum absolute atomic E-state index is 3.67. The molecule has 2 aliphatic carbocycles. The Balaban J connectivity index is 1.92. The smallest absolute Gasteiger partial charge is 0.0330 e. The molecule has 2 fully saturated rings. The minimum atomic E-state index is 0.466. The lowest BCUT2D eigenvalue weighted by molar-refractivity contribution is 0.0136. The third-order valence-electron chi connectivity index (χ3n) is 5.29. The summed E-state index contributed by atoms with van der Waals surface area (Å²) >= 11 is 0. The van der Waals surface area contributed by atoms with E-state index in [4.69, 9.17) is 0 Å². The first-order valence-electron chi connectivity index (χ1n) is 7.70. The van der Waals surface area contributed by atoms with Gasteiger partial charge in [-0.2, -0.15) is 0 Å². The molecule has 3 heteroatoms. The van der Waals surface area contributed by atoms with Crippen molar-refractivity contribution in [1.82, 2.24) is 15.1 Å². The fourth-order valence-corrected chi connectivity index (χ4v) is 3.88. The van der Waals surface area contributed by atoms with Crippen molar-refractivity contribution in [3.8, 4) is 0 Å². The van der Waals surface area contributed by atoms with Crippen LogP contribution in [0.25, 0.3) is 0 Å². The van der Waals surface area contributed by atoms with Gasteiger partial charge in [0, 0.05) is 24.2 Å². The van der Waals surface area contributed by atoms with E-state index in [1.165, 1.54) is 45.1 Å². The molecule has 0 bridgehead atoms. The minimum Gasteiger partial charge on any atom is -0.313 e. The first kappa shape index (κ1) is 14.3. The van der Waals surface area contributed by atoms with Crippen molar-refractivity contribution in [3.05, 3.63) is 0 Å². The van der Waals surface area contributed by atoms with Crippen molar-refractivity contribution in [3.63, 3.8) is 0 Å². The van der Waals surface area contributed by atoms with E-state index in [1.54, 1.807) is 0 Å². The van der Waals surface area contributed by atoms with Crippen LogP contribution in [0.4, 0.5) is 0 Å². The molecule has 0 spiro atoms. The SMILES string of the molecule is CCNC1CCCC1N(C)CC1(N(C)C)CCC1. The summed E-state index contributed by atoms with van der Waals surface area (Å²) in [5.74, 6) is 0. The molecule has 1 N–H and O–H groups in total. The number of nitrogens with zero attached hydrogens (tertiary/aromatic N) is 2. The lowest BCUT2D eigenvalue weighted by Crippen LogP contribution is -2.59. The predicted octanol–water partition coefficient (Wildman–Crippen LogP) is 1.93. The van der Waals surface area contributed by atoms with Crippen molar-refractivity contribution in [2.45, 2.75) is 63.1 Å². The van der Waals surface area contributed by atoms with Gasteiger partial charge in [0.25, 0.3) is 0 Å². The van der Waals surface area contributed by atoms with Crippen molar-refractivity contribution in [1.29, 1.82) is 0 Å². The summed E-state index contributed by atoms with van der Waals surface area (Å²) in [5, 5.41) is 3.67. The van der Waals surface area contributed by atoms with Crippen molar-refractivity contribution in [2.75, 3.05) is 34.2 Å². The van der Waals surface area contributed by atoms with Gasteiger partial charge in [0.2, 0.25) is 0 Å². The normalized spacial score (nSPS) is 31.0. The first-order valence-corrected chi connectivity index (χ1v) is 7.70. The molecule has 0 heterocycles. The Bertz CT molecular complexity index is 260. The van der Waals surface area contributed by atoms with Gasteiger partial charge in [-0.3, -0.25) is 0 Å². The van der Waals surface area contributed by atoms with E-state index in [1.807, 2.05) is 0 Å². The van der Waals surface area contributed by atoms with Crippen LogP contribution in [0.3, 0.4) is 0 Å². The van der Waals surface area contributed by atoms with E-state index in [2.05, 4.69) is 43.2 Å². The van der Waals surface area contributed by atoms with Crippen LogP contribution >= 0.6 is 0 Å². The third kappa shape index (κ3) is 2.73. The molecule has 0 aromatic carbocycles. The number of hydrogen-bond acceptors (Lipinski definition) is 3. The summed E-state index contributed by atoms with van der Waals surface area (Å²) in [7, 11) is 6.84. The molecule has 0 radical (unpaired) electrons. The van der Waals surface area contributed by atoms with Crippen LogP contribution in [0.1, 0.15) is 45.4 Å². The van der Waals surface area contributed by atoms with Crippen LogP contribution in [0, 0.1) is 0 Å². The molecule has 2 rings (SSSR count). The monoisotopic (exact) mass is 253 g/mol. The molecule has 0 amide bonds. The molecule has 2 saturated carbocycles. The number of nitrogens with one attached hydrogen (secondary N) is 1. The lowest BCUT2D eigenvalue weighted by Gasteiger charge is -2.50. The van der Waals surface area contributed by atoms with Gasteiger partial charge in [0.15, 0.2) is 0 Å². The molecule has 3 nitrogen and oxygen atoms in total. The molecule has 2 aliphatic rings. The second-order valence-electron chi connectivity index (χ2n) is 6.55. The average molecular weight is 253 g/mol. The summed E-state index contributed by atoms with van der Waals surface area (Å²) in [6.07, 6.45) is 8.29. The molecule has 0 saturated heterocycles. The molecule has 106 valence electrons. The Kier molecular flexibility index (Phi) is 4.68. The standard InChI is InChI=1S/C15H31N3/c1-5-16-13-8-6-9-14(13)18(4)12-15(17(2)3)10-7-11-15/h13-14,16H,5-12H2,1-4H3. The Hall–Kier alpha value is -0.120. The predicted molar refractivity (Wildman–Crippen MR) is 78.0 cm³/mol. The largest absolute Gasteiger partial charge is 0.313 e. The highest BCUT2D eigenvalue weighted by molar-refractivity contribution is 5.00. The second kappa shape index (κ2) is 5.89. The van der Waals surface area contributed by atoms with Gasteiger partial charge < -0.3 is 15.1 Å². The van der Waals surface area contributed by atoms with E-state index in [0.717, 1.165) is 18.6 Å². The van der Waals surface area contributed by atoms with Crippen LogP contribution in [-0.4, -0.2) is 61.7 Å². The van der Waals surface area contributed by atoms with Gasteiger partial charge in [-0.1, -0.05) is 13.3 Å². The maximum Gasteiger partial charge on any atom is 0.0330 e. The Morgan fingerprint density at radius 3 is 2.33 bits per heavy atom. The van der Waals surface area contributed by atoms with Gasteiger partial charge >= 0.3 is 0 Å². The van der Waals surface area contributed by atoms with E-state index >= 15 is 0 Å². The van der Waals surface area contributed by atoms with E-state index < -0.39 is 0 Å². The van der Waals surface area contributed by atoms with Gasteiger partial charge in [-0.15, -0.1) is 0 Å². The van der Waals surface area contributed by atoms with Crippen LogP contribution < -0.4 is 5.32 Å². The fraction of sp³-hybridized carbons (Fsp3) is 1.00. The lowest BCUT2D eigenvalue weighted by atomic mass is 9.75. The molecule has 0 aromatic rings. The zero-order chi connectivity index (χ0) is 13.2. The fourth-order valence-electron chi connectivity index (χ4n) is 3.88. The van der Waals surface area contributed by atoms with Crippen molar-refractivity contribution >= 4 is 0 Å². The van der Waals surface area contributed by atoms with Gasteiger partial charge in [0.1, 0.15) is 0 Å².